The molecule has 116 valence electrons. The van der Waals surface area contributed by atoms with E-state index in [0.29, 0.717) is 10.8 Å². The Bertz CT molecular complexity index is 1000. The lowest BCUT2D eigenvalue weighted by molar-refractivity contribution is 0.768. The lowest BCUT2D eigenvalue weighted by Gasteiger charge is -2.06. The van der Waals surface area contributed by atoms with Gasteiger partial charge in [-0.2, -0.15) is 19.1 Å². The van der Waals surface area contributed by atoms with E-state index in [0.717, 1.165) is 27.6 Å². The van der Waals surface area contributed by atoms with Crippen molar-refractivity contribution in [3.05, 3.63) is 41.6 Å². The normalized spacial score (nSPS) is 11.3. The van der Waals surface area contributed by atoms with Gasteiger partial charge >= 0.3 is 0 Å². The number of fused-ring (bicyclic) bond motifs is 1. The molecule has 0 aliphatic carbocycles. The smallest absolute Gasteiger partial charge is 0.166 e. The number of nitrogens with zero attached hydrogens (tertiary/aromatic N) is 6. The van der Waals surface area contributed by atoms with Gasteiger partial charge in [-0.25, -0.2) is 4.98 Å². The predicted molar refractivity (Wildman–Crippen MR) is 90.3 cm³/mol. The van der Waals surface area contributed by atoms with E-state index >= 15 is 0 Å². The third kappa shape index (κ3) is 2.55. The highest BCUT2D eigenvalue weighted by Crippen LogP contribution is 2.28. The van der Waals surface area contributed by atoms with Crippen molar-refractivity contribution in [2.45, 2.75) is 6.92 Å². The summed E-state index contributed by atoms with van der Waals surface area (Å²) in [5, 5.41) is 13.2. The van der Waals surface area contributed by atoms with Crippen LogP contribution in [0.15, 0.2) is 30.7 Å². The van der Waals surface area contributed by atoms with E-state index in [4.69, 9.17) is 11.6 Å². The van der Waals surface area contributed by atoms with Gasteiger partial charge in [0.2, 0.25) is 0 Å². The molecule has 23 heavy (non-hydrogen) atoms. The first-order valence-corrected chi connectivity index (χ1v) is 7.99. The molecule has 0 atom stereocenters. The highest BCUT2D eigenvalue weighted by molar-refractivity contribution is 7.10. The van der Waals surface area contributed by atoms with Crippen molar-refractivity contribution in [3.63, 3.8) is 0 Å². The van der Waals surface area contributed by atoms with Gasteiger partial charge < -0.3 is 5.32 Å². The topological polar surface area (TPSA) is 72.9 Å². The molecule has 9 heteroatoms. The van der Waals surface area contributed by atoms with Crippen LogP contribution in [-0.2, 0) is 7.05 Å². The molecule has 0 saturated carbocycles. The largest absolute Gasteiger partial charge is 0.330 e. The minimum absolute atomic E-state index is 0.395. The zero-order valence-corrected chi connectivity index (χ0v) is 13.9. The minimum atomic E-state index is 0.395. The summed E-state index contributed by atoms with van der Waals surface area (Å²) >= 11 is 7.58. The van der Waals surface area contributed by atoms with Crippen molar-refractivity contribution < 1.29 is 0 Å². The molecule has 1 N–H and O–H groups in total. The molecule has 0 unspecified atom stereocenters. The Morgan fingerprint density at radius 3 is 2.78 bits per heavy atom. The average Bonchev–Trinajstić information content (AvgIpc) is 3.19. The maximum absolute atomic E-state index is 6.19. The van der Waals surface area contributed by atoms with Gasteiger partial charge in [0.05, 0.1) is 18.1 Å². The van der Waals surface area contributed by atoms with E-state index in [1.165, 1.54) is 11.5 Å². The fourth-order valence-corrected chi connectivity index (χ4v) is 3.19. The van der Waals surface area contributed by atoms with Crippen molar-refractivity contribution >= 4 is 39.6 Å². The van der Waals surface area contributed by atoms with Crippen LogP contribution in [0, 0.1) is 6.92 Å². The number of nitrogens with one attached hydrogen (secondary N) is 1. The average molecular weight is 346 g/mol. The number of hydrogen-bond donors (Lipinski definition) is 1. The Morgan fingerprint density at radius 2 is 2.09 bits per heavy atom. The van der Waals surface area contributed by atoms with Gasteiger partial charge in [0.25, 0.3) is 0 Å². The van der Waals surface area contributed by atoms with Gasteiger partial charge in [0, 0.05) is 30.4 Å². The molecular formula is C14H12ClN7S. The van der Waals surface area contributed by atoms with E-state index < -0.39 is 0 Å². The first-order valence-electron chi connectivity index (χ1n) is 6.84. The molecular weight excluding hydrogens is 334 g/mol. The van der Waals surface area contributed by atoms with Gasteiger partial charge in [0.15, 0.2) is 5.65 Å². The summed E-state index contributed by atoms with van der Waals surface area (Å²) in [6.45, 7) is 1.95. The van der Waals surface area contributed by atoms with E-state index in [1.807, 2.05) is 26.2 Å². The van der Waals surface area contributed by atoms with Crippen LogP contribution in [0.25, 0.3) is 16.8 Å². The summed E-state index contributed by atoms with van der Waals surface area (Å²) < 4.78 is 7.72. The van der Waals surface area contributed by atoms with Crippen LogP contribution >= 0.6 is 23.1 Å². The first kappa shape index (κ1) is 14.2. The minimum Gasteiger partial charge on any atom is -0.330 e. The molecule has 0 radical (unpaired) electrons. The summed E-state index contributed by atoms with van der Waals surface area (Å²) in [6.07, 6.45) is 5.46. The van der Waals surface area contributed by atoms with Gasteiger partial charge in [0.1, 0.15) is 16.0 Å². The number of aryl methyl sites for hydroxylation is 2. The van der Waals surface area contributed by atoms with Crippen LogP contribution in [0.5, 0.6) is 0 Å². The van der Waals surface area contributed by atoms with Crippen LogP contribution in [0.2, 0.25) is 5.15 Å². The molecule has 4 aromatic rings. The van der Waals surface area contributed by atoms with Gasteiger partial charge in [-0.15, -0.1) is 0 Å². The van der Waals surface area contributed by atoms with Crippen molar-refractivity contribution in [1.29, 1.82) is 0 Å². The van der Waals surface area contributed by atoms with Gasteiger partial charge in [-0.1, -0.05) is 11.6 Å². The van der Waals surface area contributed by atoms with Gasteiger partial charge in [-0.05, 0) is 24.5 Å². The van der Waals surface area contributed by atoms with Crippen molar-refractivity contribution in [2.75, 3.05) is 5.32 Å². The Labute approximate surface area is 140 Å². The number of aromatic nitrogens is 6. The summed E-state index contributed by atoms with van der Waals surface area (Å²) in [5.41, 5.74) is 3.46. The molecule has 4 aromatic heterocycles. The standard InChI is InChI=1S/C14H12ClN7S/c1-8-3-13(23-20-8)19-12-4-11(15)18-14-10(6-17-22(12)14)9-5-16-21(2)7-9/h3-7,19H,1-2H3. The number of hydrogen-bond acceptors (Lipinski definition) is 6. The Hall–Kier alpha value is -2.45. The highest BCUT2D eigenvalue weighted by Gasteiger charge is 2.14. The fraction of sp³-hybridized carbons (Fsp3) is 0.143. The van der Waals surface area contributed by atoms with Crippen molar-refractivity contribution in [1.82, 2.24) is 28.8 Å². The molecule has 0 spiro atoms. The molecule has 0 aliphatic heterocycles. The highest BCUT2D eigenvalue weighted by atomic mass is 35.5. The summed E-state index contributed by atoms with van der Waals surface area (Å²) in [7, 11) is 1.87. The summed E-state index contributed by atoms with van der Waals surface area (Å²) in [4.78, 5) is 4.41. The second-order valence-corrected chi connectivity index (χ2v) is 6.31. The van der Waals surface area contributed by atoms with Crippen molar-refractivity contribution in [3.8, 4) is 11.1 Å². The van der Waals surface area contributed by atoms with Gasteiger partial charge in [-0.3, -0.25) is 4.68 Å². The van der Waals surface area contributed by atoms with E-state index in [-0.39, 0.29) is 0 Å². The van der Waals surface area contributed by atoms with E-state index in [9.17, 15) is 0 Å². The number of halogens is 1. The third-order valence-electron chi connectivity index (χ3n) is 3.34. The molecule has 0 amide bonds. The molecule has 4 rings (SSSR count). The maximum atomic E-state index is 6.19. The number of anilines is 2. The van der Waals surface area contributed by atoms with Crippen LogP contribution in [-0.4, -0.2) is 28.8 Å². The lowest BCUT2D eigenvalue weighted by atomic mass is 10.2. The summed E-state index contributed by atoms with van der Waals surface area (Å²) in [6, 6.07) is 3.71. The Balaban J connectivity index is 1.84. The molecule has 0 aromatic carbocycles. The number of rotatable bonds is 3. The quantitative estimate of drug-likeness (QED) is 0.577. The second-order valence-electron chi connectivity index (χ2n) is 5.12. The predicted octanol–water partition coefficient (Wildman–Crippen LogP) is 3.29. The molecule has 0 saturated heterocycles. The van der Waals surface area contributed by atoms with Crippen LogP contribution in [0.1, 0.15) is 5.69 Å². The maximum Gasteiger partial charge on any atom is 0.166 e. The van der Waals surface area contributed by atoms with E-state index in [2.05, 4.69) is 24.9 Å². The fourth-order valence-electron chi connectivity index (χ4n) is 2.33. The molecule has 0 fully saturated rings. The zero-order chi connectivity index (χ0) is 16.0. The van der Waals surface area contributed by atoms with Crippen LogP contribution in [0.3, 0.4) is 0 Å². The Morgan fingerprint density at radius 1 is 1.22 bits per heavy atom. The van der Waals surface area contributed by atoms with Crippen LogP contribution in [0.4, 0.5) is 10.8 Å². The SMILES string of the molecule is Cc1cc(Nc2cc(Cl)nc3c(-c4cnn(C)c4)cnn23)sn1. The lowest BCUT2D eigenvalue weighted by Crippen LogP contribution is -2.00. The second kappa shape index (κ2) is 5.32. The first-order chi connectivity index (χ1) is 11.1. The van der Waals surface area contributed by atoms with Crippen molar-refractivity contribution in [2.24, 2.45) is 7.05 Å². The Kier molecular flexibility index (Phi) is 3.28. The van der Waals surface area contributed by atoms with E-state index in [1.54, 1.807) is 27.7 Å². The molecule has 7 nitrogen and oxygen atoms in total. The third-order valence-corrected chi connectivity index (χ3v) is 4.33. The molecule has 4 heterocycles. The van der Waals surface area contributed by atoms with Crippen LogP contribution < -0.4 is 5.32 Å². The zero-order valence-electron chi connectivity index (χ0n) is 12.4. The summed E-state index contributed by atoms with van der Waals surface area (Å²) in [5.74, 6) is 0.735. The molecule has 0 bridgehead atoms. The molecule has 0 aliphatic rings. The monoisotopic (exact) mass is 345 g/mol.